The number of thioether (sulfide) groups is 1. The SMILES string of the molecule is CCOC(=O)C1=C(C)NC2=C(C(=O)CC(c3ccco3)C2)C1c1ccc(SC)cc1. The van der Waals surface area contributed by atoms with Crippen LogP contribution in [-0.2, 0) is 14.3 Å². The number of Topliss-reactive ketones (excluding diaryl/α,β-unsaturated/α-hetero) is 1. The highest BCUT2D eigenvalue weighted by Gasteiger charge is 2.41. The van der Waals surface area contributed by atoms with E-state index in [9.17, 15) is 9.59 Å². The van der Waals surface area contributed by atoms with Crippen LogP contribution in [0.5, 0.6) is 0 Å². The summed E-state index contributed by atoms with van der Waals surface area (Å²) in [5.74, 6) is 0.0409. The number of carbonyl (C=O) groups is 2. The Hall–Kier alpha value is -2.73. The summed E-state index contributed by atoms with van der Waals surface area (Å²) < 4.78 is 10.9. The predicted molar refractivity (Wildman–Crippen MR) is 116 cm³/mol. The van der Waals surface area contributed by atoms with Gasteiger partial charge in [0.1, 0.15) is 5.76 Å². The van der Waals surface area contributed by atoms with E-state index in [2.05, 4.69) is 5.32 Å². The smallest absolute Gasteiger partial charge is 0.336 e. The molecule has 6 heteroatoms. The molecule has 2 atom stereocenters. The van der Waals surface area contributed by atoms with Crippen LogP contribution in [0.15, 0.2) is 74.5 Å². The standard InChI is InChI=1S/C24H25NO4S/c1-4-28-24(27)21-14(2)25-18-12-16(20-6-5-11-29-20)13-19(26)23(18)22(21)15-7-9-17(30-3)10-8-15/h5-11,16,22,25H,4,12-13H2,1-3H3. The molecule has 2 aliphatic rings. The van der Waals surface area contributed by atoms with E-state index in [-0.39, 0.29) is 24.3 Å². The van der Waals surface area contributed by atoms with Gasteiger partial charge in [0, 0.05) is 40.1 Å². The number of nitrogens with one attached hydrogen (secondary N) is 1. The van der Waals surface area contributed by atoms with E-state index in [1.165, 1.54) is 0 Å². The average molecular weight is 424 g/mol. The molecular weight excluding hydrogens is 398 g/mol. The number of hydrogen-bond acceptors (Lipinski definition) is 6. The minimum Gasteiger partial charge on any atom is -0.469 e. The van der Waals surface area contributed by atoms with Crippen molar-refractivity contribution in [3.63, 3.8) is 0 Å². The first-order chi connectivity index (χ1) is 14.5. The number of ether oxygens (including phenoxy) is 1. The number of rotatable bonds is 5. The molecule has 2 unspecified atom stereocenters. The summed E-state index contributed by atoms with van der Waals surface area (Å²) >= 11 is 1.66. The molecule has 0 amide bonds. The fourth-order valence-corrected chi connectivity index (χ4v) is 4.78. The molecule has 0 saturated heterocycles. The van der Waals surface area contributed by atoms with Gasteiger partial charge in [-0.1, -0.05) is 12.1 Å². The number of dihydropyridines is 1. The average Bonchev–Trinajstić information content (AvgIpc) is 3.28. The van der Waals surface area contributed by atoms with E-state index < -0.39 is 5.92 Å². The van der Waals surface area contributed by atoms with Crippen molar-refractivity contribution in [2.75, 3.05) is 12.9 Å². The van der Waals surface area contributed by atoms with Crippen LogP contribution < -0.4 is 5.32 Å². The Balaban J connectivity index is 1.80. The largest absolute Gasteiger partial charge is 0.469 e. The molecule has 0 fully saturated rings. The zero-order valence-electron chi connectivity index (χ0n) is 17.4. The van der Waals surface area contributed by atoms with Crippen molar-refractivity contribution in [3.8, 4) is 0 Å². The zero-order valence-corrected chi connectivity index (χ0v) is 18.2. The third kappa shape index (κ3) is 3.72. The lowest BCUT2D eigenvalue weighted by molar-refractivity contribution is -0.138. The first kappa shape index (κ1) is 20.5. The van der Waals surface area contributed by atoms with Crippen molar-refractivity contribution in [1.29, 1.82) is 0 Å². The van der Waals surface area contributed by atoms with E-state index in [0.29, 0.717) is 24.0 Å². The monoisotopic (exact) mass is 423 g/mol. The lowest BCUT2D eigenvalue weighted by Gasteiger charge is -2.36. The quantitative estimate of drug-likeness (QED) is 0.543. The summed E-state index contributed by atoms with van der Waals surface area (Å²) in [5.41, 5.74) is 3.71. The van der Waals surface area contributed by atoms with E-state index >= 15 is 0 Å². The third-order valence-corrected chi connectivity index (χ3v) is 6.46. The fraction of sp³-hybridized carbons (Fsp3) is 0.333. The molecule has 1 aliphatic carbocycles. The highest BCUT2D eigenvalue weighted by Crippen LogP contribution is 2.45. The summed E-state index contributed by atoms with van der Waals surface area (Å²) in [5, 5.41) is 3.34. The number of allylic oxidation sites excluding steroid dienone is 3. The topological polar surface area (TPSA) is 68.5 Å². The fourth-order valence-electron chi connectivity index (χ4n) is 4.37. The van der Waals surface area contributed by atoms with Crippen molar-refractivity contribution in [3.05, 3.63) is 76.5 Å². The zero-order chi connectivity index (χ0) is 21.3. The highest BCUT2D eigenvalue weighted by atomic mass is 32.2. The molecule has 5 nitrogen and oxygen atoms in total. The number of esters is 1. The molecular formula is C24H25NO4S. The Bertz CT molecular complexity index is 1020. The van der Waals surface area contributed by atoms with Crippen LogP contribution in [0.1, 0.15) is 49.8 Å². The van der Waals surface area contributed by atoms with Gasteiger partial charge < -0.3 is 14.5 Å². The molecule has 1 N–H and O–H groups in total. The Morgan fingerprint density at radius 3 is 2.63 bits per heavy atom. The second-order valence-electron chi connectivity index (χ2n) is 7.53. The minimum absolute atomic E-state index is 0.00443. The number of carbonyl (C=O) groups excluding carboxylic acids is 2. The van der Waals surface area contributed by atoms with Crippen LogP contribution in [0.2, 0.25) is 0 Å². The number of furan rings is 1. The highest BCUT2D eigenvalue weighted by molar-refractivity contribution is 7.98. The number of hydrogen-bond donors (Lipinski definition) is 1. The second kappa shape index (κ2) is 8.56. The lowest BCUT2D eigenvalue weighted by Crippen LogP contribution is -2.36. The van der Waals surface area contributed by atoms with E-state index in [0.717, 1.165) is 27.6 Å². The molecule has 0 spiro atoms. The summed E-state index contributed by atoms with van der Waals surface area (Å²) in [6.45, 7) is 3.95. The van der Waals surface area contributed by atoms with Crippen LogP contribution in [-0.4, -0.2) is 24.6 Å². The summed E-state index contributed by atoms with van der Waals surface area (Å²) in [4.78, 5) is 27.4. The van der Waals surface area contributed by atoms with Gasteiger partial charge in [0.15, 0.2) is 5.78 Å². The van der Waals surface area contributed by atoms with Gasteiger partial charge in [-0.2, -0.15) is 0 Å². The van der Waals surface area contributed by atoms with Crippen LogP contribution >= 0.6 is 11.8 Å². The van der Waals surface area contributed by atoms with Crippen molar-refractivity contribution in [1.82, 2.24) is 5.32 Å². The van der Waals surface area contributed by atoms with E-state index in [1.54, 1.807) is 24.9 Å². The van der Waals surface area contributed by atoms with Gasteiger partial charge in [0.2, 0.25) is 0 Å². The van der Waals surface area contributed by atoms with E-state index in [1.807, 2.05) is 49.6 Å². The van der Waals surface area contributed by atoms with Gasteiger partial charge in [0.25, 0.3) is 0 Å². The molecule has 1 aromatic carbocycles. The van der Waals surface area contributed by atoms with Gasteiger partial charge in [-0.15, -0.1) is 11.8 Å². The van der Waals surface area contributed by atoms with Crippen molar-refractivity contribution < 1.29 is 18.7 Å². The number of ketones is 1. The predicted octanol–water partition coefficient (Wildman–Crippen LogP) is 4.93. The molecule has 1 aliphatic heterocycles. The van der Waals surface area contributed by atoms with Crippen LogP contribution in [0, 0.1) is 0 Å². The second-order valence-corrected chi connectivity index (χ2v) is 8.41. The van der Waals surface area contributed by atoms with Crippen molar-refractivity contribution >= 4 is 23.5 Å². The van der Waals surface area contributed by atoms with Gasteiger partial charge in [-0.25, -0.2) is 4.79 Å². The minimum atomic E-state index is -0.429. The lowest BCUT2D eigenvalue weighted by atomic mass is 9.72. The maximum absolute atomic E-state index is 13.4. The third-order valence-electron chi connectivity index (χ3n) is 5.72. The molecule has 2 aromatic rings. The molecule has 30 heavy (non-hydrogen) atoms. The first-order valence-corrected chi connectivity index (χ1v) is 11.3. The Morgan fingerprint density at radius 1 is 1.23 bits per heavy atom. The van der Waals surface area contributed by atoms with Crippen LogP contribution in [0.4, 0.5) is 0 Å². The maximum Gasteiger partial charge on any atom is 0.336 e. The van der Waals surface area contributed by atoms with Crippen LogP contribution in [0.3, 0.4) is 0 Å². The van der Waals surface area contributed by atoms with Gasteiger partial charge in [0.05, 0.1) is 18.4 Å². The molecule has 1 aromatic heterocycles. The molecule has 2 heterocycles. The molecule has 0 bridgehead atoms. The van der Waals surface area contributed by atoms with Gasteiger partial charge in [-0.3, -0.25) is 4.79 Å². The normalized spacial score (nSPS) is 21.4. The summed E-state index contributed by atoms with van der Waals surface area (Å²) in [6.07, 6.45) is 4.69. The van der Waals surface area contributed by atoms with Crippen LogP contribution in [0.25, 0.3) is 0 Å². The molecule has 156 valence electrons. The molecule has 4 rings (SSSR count). The van der Waals surface area contributed by atoms with Gasteiger partial charge >= 0.3 is 5.97 Å². The molecule has 0 radical (unpaired) electrons. The van der Waals surface area contributed by atoms with Gasteiger partial charge in [-0.05, 0) is 56.4 Å². The summed E-state index contributed by atoms with van der Waals surface area (Å²) in [6, 6.07) is 11.8. The van der Waals surface area contributed by atoms with Crippen molar-refractivity contribution in [2.24, 2.45) is 0 Å². The first-order valence-electron chi connectivity index (χ1n) is 10.1. The molecule has 0 saturated carbocycles. The summed E-state index contributed by atoms with van der Waals surface area (Å²) in [7, 11) is 0. The maximum atomic E-state index is 13.4. The van der Waals surface area contributed by atoms with Crippen molar-refractivity contribution in [2.45, 2.75) is 43.4 Å². The Labute approximate surface area is 180 Å². The van der Waals surface area contributed by atoms with E-state index in [4.69, 9.17) is 9.15 Å². The Kier molecular flexibility index (Phi) is 5.86. The Morgan fingerprint density at radius 2 is 2.00 bits per heavy atom. The number of benzene rings is 1.